The number of nitrogens with one attached hydrogen (secondary N) is 1. The lowest BCUT2D eigenvalue weighted by atomic mass is 10.2. The molecule has 0 fully saturated rings. The average molecular weight is 292 g/mol. The molecule has 5 heteroatoms. The summed E-state index contributed by atoms with van der Waals surface area (Å²) in [6, 6.07) is 7.06. The van der Waals surface area contributed by atoms with Gasteiger partial charge >= 0.3 is 0 Å². The maximum absolute atomic E-state index is 12.1. The Labute approximate surface area is 126 Å². The predicted molar refractivity (Wildman–Crippen MR) is 82.4 cm³/mol. The summed E-state index contributed by atoms with van der Waals surface area (Å²) < 4.78 is 5.16. The van der Waals surface area contributed by atoms with E-state index < -0.39 is 0 Å². The van der Waals surface area contributed by atoms with Crippen molar-refractivity contribution in [2.45, 2.75) is 20.8 Å². The number of carbonyl (C=O) groups is 2. The summed E-state index contributed by atoms with van der Waals surface area (Å²) in [6.07, 6.45) is 0. The van der Waals surface area contributed by atoms with Gasteiger partial charge in [0.2, 0.25) is 5.91 Å². The highest BCUT2D eigenvalue weighted by atomic mass is 16.5. The predicted octanol–water partition coefficient (Wildman–Crippen LogP) is 1.93. The molecule has 0 aromatic heterocycles. The number of methoxy groups -OCH3 is 1. The number of para-hydroxylation sites is 1. The van der Waals surface area contributed by atoms with Crippen LogP contribution in [0.4, 0.5) is 0 Å². The van der Waals surface area contributed by atoms with Crippen molar-refractivity contribution in [3.05, 3.63) is 29.8 Å². The van der Waals surface area contributed by atoms with Gasteiger partial charge in [-0.25, -0.2) is 0 Å². The quantitative estimate of drug-likeness (QED) is 0.835. The summed E-state index contributed by atoms with van der Waals surface area (Å²) in [5.74, 6) is 0.773. The van der Waals surface area contributed by atoms with Crippen LogP contribution < -0.4 is 10.1 Å². The molecule has 0 saturated carbocycles. The molecule has 0 aliphatic carbocycles. The fraction of sp³-hybridized carbons (Fsp3) is 0.500. The van der Waals surface area contributed by atoms with Crippen molar-refractivity contribution >= 4 is 11.8 Å². The van der Waals surface area contributed by atoms with Crippen LogP contribution in [0.15, 0.2) is 24.3 Å². The van der Waals surface area contributed by atoms with Gasteiger partial charge in [0, 0.05) is 26.6 Å². The van der Waals surface area contributed by atoms with Crippen molar-refractivity contribution in [2.75, 3.05) is 26.7 Å². The van der Waals surface area contributed by atoms with Crippen molar-refractivity contribution in [1.82, 2.24) is 10.2 Å². The van der Waals surface area contributed by atoms with Crippen molar-refractivity contribution < 1.29 is 14.3 Å². The topological polar surface area (TPSA) is 58.6 Å². The molecule has 1 aromatic rings. The highest BCUT2D eigenvalue weighted by Crippen LogP contribution is 2.16. The molecule has 1 N–H and O–H groups in total. The molecule has 0 radical (unpaired) electrons. The van der Waals surface area contributed by atoms with Gasteiger partial charge in [-0.2, -0.15) is 0 Å². The summed E-state index contributed by atoms with van der Waals surface area (Å²) >= 11 is 0. The molecule has 0 atom stereocenters. The minimum atomic E-state index is -0.194. The van der Waals surface area contributed by atoms with Crippen LogP contribution in [0.3, 0.4) is 0 Å². The lowest BCUT2D eigenvalue weighted by Gasteiger charge is -2.23. The van der Waals surface area contributed by atoms with Crippen LogP contribution in [0.1, 0.15) is 31.1 Å². The molecule has 2 amide bonds. The van der Waals surface area contributed by atoms with E-state index in [2.05, 4.69) is 19.2 Å². The number of amides is 2. The number of hydrogen-bond donors (Lipinski definition) is 1. The molecule has 1 aromatic carbocycles. The lowest BCUT2D eigenvalue weighted by molar-refractivity contribution is -0.129. The van der Waals surface area contributed by atoms with Crippen LogP contribution in [0.5, 0.6) is 5.75 Å². The van der Waals surface area contributed by atoms with Crippen molar-refractivity contribution in [1.29, 1.82) is 0 Å². The van der Waals surface area contributed by atoms with Gasteiger partial charge in [0.15, 0.2) is 0 Å². The zero-order chi connectivity index (χ0) is 15.8. The second-order valence-electron chi connectivity index (χ2n) is 5.32. The first-order valence-electron chi connectivity index (χ1n) is 7.12. The third-order valence-corrected chi connectivity index (χ3v) is 3.05. The molecular weight excluding hydrogens is 268 g/mol. The second kappa shape index (κ2) is 8.29. The van der Waals surface area contributed by atoms with Crippen LogP contribution in [-0.2, 0) is 4.79 Å². The number of carbonyl (C=O) groups excluding carboxylic acids is 2. The Bertz CT molecular complexity index is 486. The van der Waals surface area contributed by atoms with Gasteiger partial charge in [-0.15, -0.1) is 0 Å². The van der Waals surface area contributed by atoms with Gasteiger partial charge in [-0.1, -0.05) is 26.0 Å². The number of benzene rings is 1. The third kappa shape index (κ3) is 5.45. The summed E-state index contributed by atoms with van der Waals surface area (Å²) in [6.45, 7) is 7.29. The van der Waals surface area contributed by atoms with E-state index in [1.54, 1.807) is 30.0 Å². The average Bonchev–Trinajstić information content (AvgIpc) is 2.45. The number of ether oxygens (including phenoxy) is 1. The van der Waals surface area contributed by atoms with E-state index >= 15 is 0 Å². The molecule has 5 nitrogen and oxygen atoms in total. The number of rotatable bonds is 7. The molecule has 0 bridgehead atoms. The van der Waals surface area contributed by atoms with E-state index in [0.717, 1.165) is 0 Å². The standard InChI is InChI=1S/C16H24N2O3/c1-12(2)11-18(13(3)19)10-9-17-16(20)14-7-5-6-8-15(14)21-4/h5-8,12H,9-11H2,1-4H3,(H,17,20). The highest BCUT2D eigenvalue weighted by molar-refractivity contribution is 5.96. The van der Waals surface area contributed by atoms with E-state index in [0.29, 0.717) is 36.9 Å². The van der Waals surface area contributed by atoms with Gasteiger partial charge in [0.1, 0.15) is 5.75 Å². The van der Waals surface area contributed by atoms with E-state index in [1.165, 1.54) is 7.11 Å². The Morgan fingerprint density at radius 1 is 1.29 bits per heavy atom. The monoisotopic (exact) mass is 292 g/mol. The van der Waals surface area contributed by atoms with E-state index in [1.807, 2.05) is 6.07 Å². The van der Waals surface area contributed by atoms with Gasteiger partial charge in [0.05, 0.1) is 12.7 Å². The first-order valence-corrected chi connectivity index (χ1v) is 7.12. The molecule has 21 heavy (non-hydrogen) atoms. The van der Waals surface area contributed by atoms with Crippen LogP contribution >= 0.6 is 0 Å². The smallest absolute Gasteiger partial charge is 0.255 e. The van der Waals surface area contributed by atoms with E-state index in [9.17, 15) is 9.59 Å². The molecule has 0 unspecified atom stereocenters. The van der Waals surface area contributed by atoms with Gasteiger partial charge in [-0.3, -0.25) is 9.59 Å². The molecule has 0 aliphatic rings. The molecule has 116 valence electrons. The summed E-state index contributed by atoms with van der Waals surface area (Å²) in [5, 5.41) is 2.82. The van der Waals surface area contributed by atoms with Gasteiger partial charge in [0.25, 0.3) is 5.91 Å². The Kier molecular flexibility index (Phi) is 6.72. The van der Waals surface area contributed by atoms with E-state index in [-0.39, 0.29) is 11.8 Å². The zero-order valence-electron chi connectivity index (χ0n) is 13.2. The van der Waals surface area contributed by atoms with Crippen molar-refractivity contribution in [3.63, 3.8) is 0 Å². The fourth-order valence-corrected chi connectivity index (χ4v) is 2.05. The molecule has 0 heterocycles. The maximum Gasteiger partial charge on any atom is 0.255 e. The zero-order valence-corrected chi connectivity index (χ0v) is 13.2. The molecule has 0 aliphatic heterocycles. The highest BCUT2D eigenvalue weighted by Gasteiger charge is 2.13. The largest absolute Gasteiger partial charge is 0.496 e. The van der Waals surface area contributed by atoms with Crippen molar-refractivity contribution in [2.24, 2.45) is 5.92 Å². The maximum atomic E-state index is 12.1. The fourth-order valence-electron chi connectivity index (χ4n) is 2.05. The van der Waals surface area contributed by atoms with E-state index in [4.69, 9.17) is 4.74 Å². The molecule has 1 rings (SSSR count). The molecule has 0 spiro atoms. The summed E-state index contributed by atoms with van der Waals surface area (Å²) in [7, 11) is 1.53. The van der Waals surface area contributed by atoms with Crippen molar-refractivity contribution in [3.8, 4) is 5.75 Å². The molecular formula is C16H24N2O3. The Morgan fingerprint density at radius 3 is 2.52 bits per heavy atom. The first kappa shape index (κ1) is 17.0. The first-order chi connectivity index (χ1) is 9.95. The van der Waals surface area contributed by atoms with Gasteiger partial charge < -0.3 is 15.0 Å². The molecule has 0 saturated heterocycles. The SMILES string of the molecule is COc1ccccc1C(=O)NCCN(CC(C)C)C(C)=O. The Morgan fingerprint density at radius 2 is 1.95 bits per heavy atom. The second-order valence-corrected chi connectivity index (χ2v) is 5.32. The minimum absolute atomic E-state index is 0.0234. The number of hydrogen-bond acceptors (Lipinski definition) is 3. The van der Waals surface area contributed by atoms with Crippen LogP contribution in [0.25, 0.3) is 0 Å². The Balaban J connectivity index is 2.54. The lowest BCUT2D eigenvalue weighted by Crippen LogP contribution is -2.39. The normalized spacial score (nSPS) is 10.3. The Hall–Kier alpha value is -2.04. The summed E-state index contributed by atoms with van der Waals surface area (Å²) in [5.41, 5.74) is 0.498. The minimum Gasteiger partial charge on any atom is -0.496 e. The number of nitrogens with zero attached hydrogens (tertiary/aromatic N) is 1. The third-order valence-electron chi connectivity index (χ3n) is 3.05. The van der Waals surface area contributed by atoms with Crippen LogP contribution in [0.2, 0.25) is 0 Å². The van der Waals surface area contributed by atoms with Crippen LogP contribution in [0, 0.1) is 5.92 Å². The van der Waals surface area contributed by atoms with Crippen LogP contribution in [-0.4, -0.2) is 43.5 Å². The summed E-state index contributed by atoms with van der Waals surface area (Å²) in [4.78, 5) is 25.4. The van der Waals surface area contributed by atoms with Gasteiger partial charge in [-0.05, 0) is 18.1 Å².